The molecule has 7 heteroatoms. The summed E-state index contributed by atoms with van der Waals surface area (Å²) >= 11 is 13.3. The first-order valence-electron chi connectivity index (χ1n) is 5.73. The van der Waals surface area contributed by atoms with E-state index < -0.39 is 0 Å². The molecule has 0 unspecified atom stereocenters. The lowest BCUT2D eigenvalue weighted by molar-refractivity contribution is 0.392. The zero-order valence-corrected chi connectivity index (χ0v) is 11.8. The molecule has 0 saturated carbocycles. The van der Waals surface area contributed by atoms with E-state index in [4.69, 9.17) is 27.7 Å². The third kappa shape index (κ3) is 2.40. The second kappa shape index (κ2) is 5.17. The van der Waals surface area contributed by atoms with Crippen LogP contribution in [0, 0.1) is 0 Å². The topological polar surface area (TPSA) is 51.0 Å². The predicted molar refractivity (Wildman–Crippen MR) is 72.5 cm³/mol. The molecule has 3 heterocycles. The number of piperidine rings is 1. The second-order valence-corrected chi connectivity index (χ2v) is 6.51. The second-order valence-electron chi connectivity index (χ2n) is 4.22. The maximum absolute atomic E-state index is 6.07. The minimum Gasteiger partial charge on any atom is -0.334 e. The van der Waals surface area contributed by atoms with Gasteiger partial charge < -0.3 is 9.84 Å². The van der Waals surface area contributed by atoms with Gasteiger partial charge in [0, 0.05) is 5.92 Å². The van der Waals surface area contributed by atoms with E-state index in [0.717, 1.165) is 37.3 Å². The molecule has 0 atom stereocenters. The highest BCUT2D eigenvalue weighted by molar-refractivity contribution is 7.20. The van der Waals surface area contributed by atoms with Crippen molar-refractivity contribution in [2.75, 3.05) is 13.1 Å². The Kier molecular flexibility index (Phi) is 3.56. The molecule has 0 spiro atoms. The Bertz CT molecular complexity index is 548. The van der Waals surface area contributed by atoms with Crippen molar-refractivity contribution in [2.45, 2.75) is 18.8 Å². The molecule has 1 aliphatic heterocycles. The molecule has 0 aromatic carbocycles. The first kappa shape index (κ1) is 12.4. The molecule has 2 aromatic heterocycles. The molecule has 4 nitrogen and oxygen atoms in total. The summed E-state index contributed by atoms with van der Waals surface area (Å²) in [5, 5.41) is 7.37. The minimum atomic E-state index is 0.372. The van der Waals surface area contributed by atoms with Crippen molar-refractivity contribution in [3.63, 3.8) is 0 Å². The van der Waals surface area contributed by atoms with Gasteiger partial charge in [0.2, 0.25) is 0 Å². The largest absolute Gasteiger partial charge is 0.334 e. The number of hydrogen-bond donors (Lipinski definition) is 1. The summed E-state index contributed by atoms with van der Waals surface area (Å²) in [5.74, 6) is 1.60. The third-order valence-electron chi connectivity index (χ3n) is 3.03. The van der Waals surface area contributed by atoms with E-state index in [1.54, 1.807) is 6.07 Å². The van der Waals surface area contributed by atoms with Gasteiger partial charge in [-0.15, -0.1) is 11.3 Å². The van der Waals surface area contributed by atoms with Crippen LogP contribution in [-0.2, 0) is 0 Å². The molecule has 0 aliphatic carbocycles. The van der Waals surface area contributed by atoms with Crippen LogP contribution in [0.15, 0.2) is 10.6 Å². The van der Waals surface area contributed by atoms with Gasteiger partial charge in [0.1, 0.15) is 4.34 Å². The first-order chi connectivity index (χ1) is 8.74. The van der Waals surface area contributed by atoms with Crippen LogP contribution in [0.3, 0.4) is 0 Å². The Hall–Kier alpha value is -0.620. The molecular weight excluding hydrogens is 293 g/mol. The summed E-state index contributed by atoms with van der Waals surface area (Å²) in [6, 6.07) is 1.76. The Morgan fingerprint density at radius 2 is 2.11 bits per heavy atom. The molecule has 1 aliphatic rings. The highest BCUT2D eigenvalue weighted by Gasteiger charge is 2.22. The smallest absolute Gasteiger partial charge is 0.260 e. The Balaban J connectivity index is 1.86. The van der Waals surface area contributed by atoms with Gasteiger partial charge in [-0.05, 0) is 32.0 Å². The normalized spacial score (nSPS) is 17.2. The van der Waals surface area contributed by atoms with E-state index >= 15 is 0 Å². The molecule has 1 fully saturated rings. The van der Waals surface area contributed by atoms with Gasteiger partial charge in [-0.2, -0.15) is 4.98 Å². The van der Waals surface area contributed by atoms with E-state index in [1.807, 2.05) is 0 Å². The maximum Gasteiger partial charge on any atom is 0.260 e. The molecule has 0 amide bonds. The Morgan fingerprint density at radius 1 is 1.33 bits per heavy atom. The van der Waals surface area contributed by atoms with Gasteiger partial charge in [0.05, 0.1) is 9.90 Å². The third-order valence-corrected chi connectivity index (χ3v) is 4.52. The highest BCUT2D eigenvalue weighted by atomic mass is 35.5. The van der Waals surface area contributed by atoms with Crippen molar-refractivity contribution < 1.29 is 4.52 Å². The van der Waals surface area contributed by atoms with Crippen LogP contribution in [-0.4, -0.2) is 23.2 Å². The molecule has 96 valence electrons. The SMILES string of the molecule is Clc1cc(-c2nc(C3CCNCC3)no2)c(Cl)s1. The minimum absolute atomic E-state index is 0.372. The van der Waals surface area contributed by atoms with Crippen LogP contribution in [0.2, 0.25) is 8.67 Å². The molecule has 1 N–H and O–H groups in total. The van der Waals surface area contributed by atoms with Gasteiger partial charge in [-0.25, -0.2) is 0 Å². The van der Waals surface area contributed by atoms with Gasteiger partial charge in [0.15, 0.2) is 5.82 Å². The fourth-order valence-electron chi connectivity index (χ4n) is 2.08. The highest BCUT2D eigenvalue weighted by Crippen LogP contribution is 2.38. The number of nitrogens with zero attached hydrogens (tertiary/aromatic N) is 2. The lowest BCUT2D eigenvalue weighted by atomic mass is 9.98. The molecule has 0 bridgehead atoms. The van der Waals surface area contributed by atoms with Crippen molar-refractivity contribution in [1.29, 1.82) is 0 Å². The summed E-state index contributed by atoms with van der Waals surface area (Å²) in [7, 11) is 0. The van der Waals surface area contributed by atoms with Crippen molar-refractivity contribution in [2.24, 2.45) is 0 Å². The van der Waals surface area contributed by atoms with Gasteiger partial charge in [-0.3, -0.25) is 0 Å². The van der Waals surface area contributed by atoms with Crippen LogP contribution < -0.4 is 5.32 Å². The summed E-state index contributed by atoms with van der Waals surface area (Å²) in [5.41, 5.74) is 0.722. The predicted octanol–water partition coefficient (Wildman–Crippen LogP) is 3.57. The lowest BCUT2D eigenvalue weighted by Gasteiger charge is -2.18. The summed E-state index contributed by atoms with van der Waals surface area (Å²) in [4.78, 5) is 4.44. The van der Waals surface area contributed by atoms with Gasteiger partial charge >= 0.3 is 0 Å². The van der Waals surface area contributed by atoms with E-state index in [9.17, 15) is 0 Å². The number of rotatable bonds is 2. The quantitative estimate of drug-likeness (QED) is 0.921. The van der Waals surface area contributed by atoms with Crippen LogP contribution >= 0.6 is 34.5 Å². The van der Waals surface area contributed by atoms with Crippen LogP contribution in [0.25, 0.3) is 11.5 Å². The Morgan fingerprint density at radius 3 is 2.78 bits per heavy atom. The number of thiophene rings is 1. The van der Waals surface area contributed by atoms with Crippen molar-refractivity contribution in [1.82, 2.24) is 15.5 Å². The molecule has 2 aromatic rings. The van der Waals surface area contributed by atoms with E-state index in [0.29, 0.717) is 20.5 Å². The van der Waals surface area contributed by atoms with Crippen LogP contribution in [0.4, 0.5) is 0 Å². The number of nitrogens with one attached hydrogen (secondary N) is 1. The molecule has 0 radical (unpaired) electrons. The average molecular weight is 304 g/mol. The zero-order valence-electron chi connectivity index (χ0n) is 9.45. The van der Waals surface area contributed by atoms with E-state index in [-0.39, 0.29) is 0 Å². The first-order valence-corrected chi connectivity index (χ1v) is 7.31. The van der Waals surface area contributed by atoms with E-state index in [2.05, 4.69) is 15.5 Å². The molecule has 18 heavy (non-hydrogen) atoms. The van der Waals surface area contributed by atoms with Crippen LogP contribution in [0.1, 0.15) is 24.6 Å². The average Bonchev–Trinajstić information content (AvgIpc) is 2.97. The van der Waals surface area contributed by atoms with Gasteiger partial charge in [-0.1, -0.05) is 28.4 Å². The number of hydrogen-bond acceptors (Lipinski definition) is 5. The summed E-state index contributed by atoms with van der Waals surface area (Å²) in [6.07, 6.45) is 2.08. The Labute approximate surface area is 118 Å². The summed E-state index contributed by atoms with van der Waals surface area (Å²) < 4.78 is 6.49. The molecule has 3 rings (SSSR count). The van der Waals surface area contributed by atoms with E-state index in [1.165, 1.54) is 11.3 Å². The lowest BCUT2D eigenvalue weighted by Crippen LogP contribution is -2.27. The van der Waals surface area contributed by atoms with Crippen molar-refractivity contribution in [3.05, 3.63) is 20.6 Å². The number of aromatic nitrogens is 2. The zero-order chi connectivity index (χ0) is 12.5. The molecular formula is C11H11Cl2N3OS. The standard InChI is InChI=1S/C11H11Cl2N3OS/c12-8-5-7(9(13)18-8)11-15-10(16-17-11)6-1-3-14-4-2-6/h5-6,14H,1-4H2. The molecule has 1 saturated heterocycles. The fourth-order valence-corrected chi connectivity index (χ4v) is 3.52. The fraction of sp³-hybridized carbons (Fsp3) is 0.455. The van der Waals surface area contributed by atoms with Crippen molar-refractivity contribution >= 4 is 34.5 Å². The van der Waals surface area contributed by atoms with Gasteiger partial charge in [0.25, 0.3) is 5.89 Å². The number of halogens is 2. The van der Waals surface area contributed by atoms with Crippen LogP contribution in [0.5, 0.6) is 0 Å². The van der Waals surface area contributed by atoms with Crippen molar-refractivity contribution in [3.8, 4) is 11.5 Å². The maximum atomic E-state index is 6.07. The summed E-state index contributed by atoms with van der Waals surface area (Å²) in [6.45, 7) is 2.00. The monoisotopic (exact) mass is 303 g/mol.